The Morgan fingerprint density at radius 3 is 2.39 bits per heavy atom. The van der Waals surface area contributed by atoms with Gasteiger partial charge in [0.2, 0.25) is 0 Å². The van der Waals surface area contributed by atoms with Gasteiger partial charge in [0.05, 0.1) is 17.6 Å². The van der Waals surface area contributed by atoms with Crippen LogP contribution in [0.3, 0.4) is 0 Å². The zero-order valence-electron chi connectivity index (χ0n) is 16.0. The van der Waals surface area contributed by atoms with Crippen molar-refractivity contribution < 1.29 is 19.2 Å². The molecule has 0 saturated carbocycles. The summed E-state index contributed by atoms with van der Waals surface area (Å²) in [5.74, 6) is -0.676. The Bertz CT molecular complexity index is 928. The first-order valence-corrected chi connectivity index (χ1v) is 8.90. The zero-order valence-corrected chi connectivity index (χ0v) is 16.0. The summed E-state index contributed by atoms with van der Waals surface area (Å²) in [5, 5.41) is 11.2. The second-order valence-electron chi connectivity index (χ2n) is 6.64. The number of carbonyl (C=O) groups excluding carboxylic acids is 2. The summed E-state index contributed by atoms with van der Waals surface area (Å²) in [6, 6.07) is 6.60. The third kappa shape index (κ3) is 3.42. The lowest BCUT2D eigenvalue weighted by Gasteiger charge is -2.35. The molecule has 1 aromatic heterocycles. The standard InChI is InChI=1S/C19H22N4O5/c1-12-16(19(25)28-3)13(2)20-17(12)18(24)22-10-8-21(9-11-22)14-6-4-5-7-15(14)23(26)27/h4-7,20H,8-11H2,1-3H3. The number of para-hydroxylation sites is 2. The molecule has 0 unspecified atom stereocenters. The van der Waals surface area contributed by atoms with Crippen molar-refractivity contribution in [3.05, 3.63) is 56.9 Å². The first kappa shape index (κ1) is 19.4. The quantitative estimate of drug-likeness (QED) is 0.491. The number of nitro benzene ring substituents is 1. The first-order chi connectivity index (χ1) is 13.3. The molecular formula is C19H22N4O5. The second-order valence-corrected chi connectivity index (χ2v) is 6.64. The predicted molar refractivity (Wildman–Crippen MR) is 103 cm³/mol. The molecule has 1 aromatic carbocycles. The van der Waals surface area contributed by atoms with E-state index in [0.717, 1.165) is 0 Å². The molecule has 0 atom stereocenters. The summed E-state index contributed by atoms with van der Waals surface area (Å²) in [4.78, 5) is 42.3. The van der Waals surface area contributed by atoms with Crippen molar-refractivity contribution in [3.63, 3.8) is 0 Å². The summed E-state index contributed by atoms with van der Waals surface area (Å²) < 4.78 is 4.78. The van der Waals surface area contributed by atoms with Crippen LogP contribution in [0.5, 0.6) is 0 Å². The van der Waals surface area contributed by atoms with Crippen LogP contribution in [0.4, 0.5) is 11.4 Å². The molecule has 2 heterocycles. The van der Waals surface area contributed by atoms with E-state index < -0.39 is 10.9 Å². The SMILES string of the molecule is COC(=O)c1c(C)[nH]c(C(=O)N2CCN(c3ccccc3[N+](=O)[O-])CC2)c1C. The van der Waals surface area contributed by atoms with E-state index in [1.54, 1.807) is 36.9 Å². The summed E-state index contributed by atoms with van der Waals surface area (Å²) in [7, 11) is 1.30. The van der Waals surface area contributed by atoms with Crippen molar-refractivity contribution in [1.29, 1.82) is 0 Å². The van der Waals surface area contributed by atoms with Crippen molar-refractivity contribution in [3.8, 4) is 0 Å². The van der Waals surface area contributed by atoms with Crippen molar-refractivity contribution in [2.75, 3.05) is 38.2 Å². The maximum atomic E-state index is 12.9. The molecule has 1 aliphatic heterocycles. The van der Waals surface area contributed by atoms with Crippen LogP contribution >= 0.6 is 0 Å². The van der Waals surface area contributed by atoms with Crippen molar-refractivity contribution in [2.24, 2.45) is 0 Å². The van der Waals surface area contributed by atoms with Crippen LogP contribution in [-0.2, 0) is 4.74 Å². The molecule has 0 spiro atoms. The number of hydrogen-bond acceptors (Lipinski definition) is 6. The summed E-state index contributed by atoms with van der Waals surface area (Å²) in [6.45, 7) is 5.26. The van der Waals surface area contributed by atoms with Crippen LogP contribution < -0.4 is 4.90 Å². The number of aromatic nitrogens is 1. The van der Waals surface area contributed by atoms with E-state index in [2.05, 4.69) is 4.98 Å². The number of nitrogens with zero attached hydrogens (tertiary/aromatic N) is 3. The number of aryl methyl sites for hydroxylation is 1. The smallest absolute Gasteiger partial charge is 0.339 e. The lowest BCUT2D eigenvalue weighted by Crippen LogP contribution is -2.49. The number of ether oxygens (including phenoxy) is 1. The number of rotatable bonds is 4. The Morgan fingerprint density at radius 1 is 1.14 bits per heavy atom. The fraction of sp³-hybridized carbons (Fsp3) is 0.368. The lowest BCUT2D eigenvalue weighted by molar-refractivity contribution is -0.384. The van der Waals surface area contributed by atoms with Crippen molar-refractivity contribution in [2.45, 2.75) is 13.8 Å². The molecular weight excluding hydrogens is 364 g/mol. The van der Waals surface area contributed by atoms with E-state index in [-0.39, 0.29) is 11.6 Å². The molecule has 0 aliphatic carbocycles. The number of piperazine rings is 1. The third-order valence-corrected chi connectivity index (χ3v) is 5.03. The van der Waals surface area contributed by atoms with Crippen LogP contribution in [-0.4, -0.2) is 60.0 Å². The Balaban J connectivity index is 1.75. The first-order valence-electron chi connectivity index (χ1n) is 8.90. The number of nitrogens with one attached hydrogen (secondary N) is 1. The van der Waals surface area contributed by atoms with Crippen LogP contribution in [0.1, 0.15) is 32.1 Å². The van der Waals surface area contributed by atoms with Gasteiger partial charge in [0.25, 0.3) is 11.6 Å². The van der Waals surface area contributed by atoms with Gasteiger partial charge in [0, 0.05) is 37.9 Å². The van der Waals surface area contributed by atoms with Gasteiger partial charge in [-0.25, -0.2) is 4.79 Å². The normalized spacial score (nSPS) is 14.1. The van der Waals surface area contributed by atoms with E-state index in [4.69, 9.17) is 4.74 Å². The number of hydrogen-bond donors (Lipinski definition) is 1. The Morgan fingerprint density at radius 2 is 1.79 bits per heavy atom. The number of benzene rings is 1. The number of carbonyl (C=O) groups is 2. The molecule has 1 amide bonds. The van der Waals surface area contributed by atoms with Gasteiger partial charge in [0.1, 0.15) is 11.4 Å². The minimum absolute atomic E-state index is 0.0563. The van der Waals surface area contributed by atoms with Crippen LogP contribution in [0.15, 0.2) is 24.3 Å². The topological polar surface area (TPSA) is 109 Å². The zero-order chi connectivity index (χ0) is 20.4. The second kappa shape index (κ2) is 7.71. The van der Waals surface area contributed by atoms with Gasteiger partial charge in [-0.2, -0.15) is 0 Å². The van der Waals surface area contributed by atoms with Gasteiger partial charge in [-0.3, -0.25) is 14.9 Å². The summed E-state index contributed by atoms with van der Waals surface area (Å²) in [5.41, 5.74) is 2.52. The maximum Gasteiger partial charge on any atom is 0.339 e. The highest BCUT2D eigenvalue weighted by atomic mass is 16.6. The number of H-pyrrole nitrogens is 1. The number of esters is 1. The average Bonchev–Trinajstić information content (AvgIpc) is 3.01. The van der Waals surface area contributed by atoms with Gasteiger partial charge in [0.15, 0.2) is 0 Å². The molecule has 9 heteroatoms. The molecule has 148 valence electrons. The molecule has 28 heavy (non-hydrogen) atoms. The number of anilines is 1. The fourth-order valence-corrected chi connectivity index (χ4v) is 3.57. The van der Waals surface area contributed by atoms with E-state index in [1.165, 1.54) is 13.2 Å². The largest absolute Gasteiger partial charge is 0.465 e. The Hall–Kier alpha value is -3.36. The highest BCUT2D eigenvalue weighted by molar-refractivity contribution is 6.00. The minimum atomic E-state index is -0.480. The van der Waals surface area contributed by atoms with Crippen LogP contribution in [0.2, 0.25) is 0 Å². The lowest BCUT2D eigenvalue weighted by atomic mass is 10.1. The van der Waals surface area contributed by atoms with E-state index in [9.17, 15) is 19.7 Å². The molecule has 1 saturated heterocycles. The van der Waals surface area contributed by atoms with E-state index in [1.807, 2.05) is 4.90 Å². The monoisotopic (exact) mass is 386 g/mol. The van der Waals surface area contributed by atoms with Gasteiger partial charge in [-0.1, -0.05) is 12.1 Å². The number of amides is 1. The van der Waals surface area contributed by atoms with Crippen LogP contribution in [0.25, 0.3) is 0 Å². The highest BCUT2D eigenvalue weighted by Gasteiger charge is 2.29. The third-order valence-electron chi connectivity index (χ3n) is 5.03. The Labute approximate surface area is 162 Å². The molecule has 1 fully saturated rings. The van der Waals surface area contributed by atoms with Gasteiger partial charge >= 0.3 is 5.97 Å². The molecule has 0 radical (unpaired) electrons. The molecule has 0 bridgehead atoms. The number of aromatic amines is 1. The molecule has 9 nitrogen and oxygen atoms in total. The minimum Gasteiger partial charge on any atom is -0.465 e. The molecule has 2 aromatic rings. The summed E-state index contributed by atoms with van der Waals surface area (Å²) in [6.07, 6.45) is 0. The van der Waals surface area contributed by atoms with Crippen molar-refractivity contribution >= 4 is 23.3 Å². The van der Waals surface area contributed by atoms with Gasteiger partial charge in [-0.05, 0) is 25.5 Å². The fourth-order valence-electron chi connectivity index (χ4n) is 3.57. The molecule has 3 rings (SSSR count). The highest BCUT2D eigenvalue weighted by Crippen LogP contribution is 2.29. The van der Waals surface area contributed by atoms with Gasteiger partial charge < -0.3 is 19.5 Å². The predicted octanol–water partition coefficient (Wildman–Crippen LogP) is 2.29. The molecule has 1 N–H and O–H groups in total. The molecule has 1 aliphatic rings. The number of methoxy groups -OCH3 is 1. The van der Waals surface area contributed by atoms with E-state index in [0.29, 0.717) is 54.4 Å². The van der Waals surface area contributed by atoms with Gasteiger partial charge in [-0.15, -0.1) is 0 Å². The van der Waals surface area contributed by atoms with Crippen molar-refractivity contribution in [1.82, 2.24) is 9.88 Å². The maximum absolute atomic E-state index is 12.9. The average molecular weight is 386 g/mol. The number of nitro groups is 1. The van der Waals surface area contributed by atoms with Crippen LogP contribution in [0, 0.1) is 24.0 Å². The Kier molecular flexibility index (Phi) is 5.34. The summed E-state index contributed by atoms with van der Waals surface area (Å²) >= 11 is 0. The van der Waals surface area contributed by atoms with E-state index >= 15 is 0 Å².